The molecule has 0 aliphatic carbocycles. The Morgan fingerprint density at radius 3 is 2.78 bits per heavy atom. The fourth-order valence-electron chi connectivity index (χ4n) is 1.39. The number of guanidine groups is 1. The van der Waals surface area contributed by atoms with Crippen molar-refractivity contribution in [1.82, 2.24) is 10.3 Å². The lowest BCUT2D eigenvalue weighted by atomic mass is 10.2. The molecule has 1 heterocycles. The lowest BCUT2D eigenvalue weighted by Crippen LogP contribution is -2.36. The Hall–Kier alpha value is -1.78. The van der Waals surface area contributed by atoms with E-state index in [2.05, 4.69) is 15.3 Å². The standard InChI is InChI=1S/C13H22N4O/c1-9(2)17-13(14)16-8-11-6-5-7-15-12(11)18-10(3)4/h5-7,9-10H,8H2,1-4H3,(H3,14,16,17). The number of ether oxygens (including phenoxy) is 1. The first-order chi connectivity index (χ1) is 8.49. The molecular weight excluding hydrogens is 228 g/mol. The summed E-state index contributed by atoms with van der Waals surface area (Å²) in [6, 6.07) is 4.08. The minimum absolute atomic E-state index is 0.0914. The van der Waals surface area contributed by atoms with Crippen molar-refractivity contribution in [2.45, 2.75) is 46.4 Å². The van der Waals surface area contributed by atoms with Gasteiger partial charge in [-0.1, -0.05) is 6.07 Å². The Bertz CT molecular complexity index is 402. The van der Waals surface area contributed by atoms with Gasteiger partial charge in [0.25, 0.3) is 0 Å². The second-order valence-electron chi connectivity index (χ2n) is 4.63. The van der Waals surface area contributed by atoms with Gasteiger partial charge in [-0.05, 0) is 33.8 Å². The Morgan fingerprint density at radius 2 is 2.17 bits per heavy atom. The second-order valence-corrected chi connectivity index (χ2v) is 4.63. The smallest absolute Gasteiger partial charge is 0.218 e. The number of aromatic nitrogens is 1. The van der Waals surface area contributed by atoms with Gasteiger partial charge >= 0.3 is 0 Å². The van der Waals surface area contributed by atoms with Gasteiger partial charge in [0, 0.05) is 17.8 Å². The van der Waals surface area contributed by atoms with Crippen LogP contribution < -0.4 is 15.8 Å². The van der Waals surface area contributed by atoms with Crippen molar-refractivity contribution >= 4 is 5.96 Å². The number of nitrogens with zero attached hydrogens (tertiary/aromatic N) is 2. The van der Waals surface area contributed by atoms with Crippen LogP contribution in [0.4, 0.5) is 0 Å². The predicted molar refractivity (Wildman–Crippen MR) is 73.6 cm³/mol. The molecule has 0 aromatic carbocycles. The van der Waals surface area contributed by atoms with E-state index in [0.717, 1.165) is 5.56 Å². The van der Waals surface area contributed by atoms with E-state index < -0.39 is 0 Å². The topological polar surface area (TPSA) is 72.5 Å². The molecule has 18 heavy (non-hydrogen) atoms. The van der Waals surface area contributed by atoms with Gasteiger partial charge in [-0.15, -0.1) is 0 Å². The normalized spacial score (nSPS) is 12.0. The first-order valence-corrected chi connectivity index (χ1v) is 6.16. The first-order valence-electron chi connectivity index (χ1n) is 6.16. The summed E-state index contributed by atoms with van der Waals surface area (Å²) in [4.78, 5) is 8.47. The third-order valence-corrected chi connectivity index (χ3v) is 2.05. The van der Waals surface area contributed by atoms with Crippen molar-refractivity contribution < 1.29 is 4.74 Å². The van der Waals surface area contributed by atoms with Gasteiger partial charge in [0.15, 0.2) is 5.96 Å². The molecule has 0 saturated heterocycles. The highest BCUT2D eigenvalue weighted by atomic mass is 16.5. The Balaban J connectivity index is 2.72. The van der Waals surface area contributed by atoms with Crippen LogP contribution in [0.3, 0.4) is 0 Å². The molecule has 0 atom stereocenters. The van der Waals surface area contributed by atoms with Gasteiger partial charge in [-0.2, -0.15) is 0 Å². The van der Waals surface area contributed by atoms with Crippen LogP contribution in [0, 0.1) is 0 Å². The molecule has 1 aromatic rings. The van der Waals surface area contributed by atoms with E-state index in [0.29, 0.717) is 18.4 Å². The van der Waals surface area contributed by atoms with Crippen molar-refractivity contribution in [2.75, 3.05) is 0 Å². The summed E-state index contributed by atoms with van der Waals surface area (Å²) in [5.74, 6) is 1.05. The van der Waals surface area contributed by atoms with Crippen LogP contribution in [0.15, 0.2) is 23.3 Å². The maximum Gasteiger partial charge on any atom is 0.218 e. The van der Waals surface area contributed by atoms with Crippen LogP contribution in [0.5, 0.6) is 5.88 Å². The van der Waals surface area contributed by atoms with Crippen molar-refractivity contribution in [2.24, 2.45) is 10.7 Å². The molecular formula is C13H22N4O. The fourth-order valence-corrected chi connectivity index (χ4v) is 1.39. The minimum atomic E-state index is 0.0914. The number of pyridine rings is 1. The fraction of sp³-hybridized carbons (Fsp3) is 0.538. The molecule has 0 aliphatic heterocycles. The zero-order chi connectivity index (χ0) is 13.5. The molecule has 0 fully saturated rings. The van der Waals surface area contributed by atoms with E-state index >= 15 is 0 Å². The van der Waals surface area contributed by atoms with Crippen molar-refractivity contribution in [1.29, 1.82) is 0 Å². The van der Waals surface area contributed by atoms with Crippen molar-refractivity contribution in [3.63, 3.8) is 0 Å². The summed E-state index contributed by atoms with van der Waals surface area (Å²) in [5, 5.41) is 3.04. The number of aliphatic imine (C=N–C) groups is 1. The third kappa shape index (κ3) is 5.03. The monoisotopic (exact) mass is 250 g/mol. The molecule has 1 rings (SSSR count). The van der Waals surface area contributed by atoms with Crippen LogP contribution in [0.25, 0.3) is 0 Å². The van der Waals surface area contributed by atoms with Gasteiger partial charge in [-0.25, -0.2) is 9.98 Å². The number of nitrogens with two attached hydrogens (primary N) is 1. The van der Waals surface area contributed by atoms with Crippen LogP contribution in [-0.4, -0.2) is 23.1 Å². The molecule has 0 saturated carbocycles. The average Bonchev–Trinajstić information content (AvgIpc) is 2.26. The van der Waals surface area contributed by atoms with Crippen LogP contribution in [0.1, 0.15) is 33.3 Å². The molecule has 5 heteroatoms. The van der Waals surface area contributed by atoms with E-state index in [9.17, 15) is 0 Å². The molecule has 1 aromatic heterocycles. The largest absolute Gasteiger partial charge is 0.475 e. The van der Waals surface area contributed by atoms with Gasteiger partial charge in [0.05, 0.1) is 12.6 Å². The number of hydrogen-bond donors (Lipinski definition) is 2. The number of nitrogens with one attached hydrogen (secondary N) is 1. The van der Waals surface area contributed by atoms with E-state index in [-0.39, 0.29) is 12.1 Å². The zero-order valence-corrected chi connectivity index (χ0v) is 11.5. The molecule has 3 N–H and O–H groups in total. The summed E-state index contributed by atoms with van der Waals surface area (Å²) in [6.07, 6.45) is 1.80. The summed E-state index contributed by atoms with van der Waals surface area (Å²) in [7, 11) is 0. The second kappa shape index (κ2) is 6.83. The van der Waals surface area contributed by atoms with Gasteiger partial charge in [0.2, 0.25) is 5.88 Å². The van der Waals surface area contributed by atoms with Crippen molar-refractivity contribution in [3.05, 3.63) is 23.9 Å². The first kappa shape index (κ1) is 14.3. The van der Waals surface area contributed by atoms with E-state index in [1.54, 1.807) is 6.20 Å². The summed E-state index contributed by atoms with van der Waals surface area (Å²) < 4.78 is 5.62. The maximum absolute atomic E-state index is 5.75. The van der Waals surface area contributed by atoms with Gasteiger partial charge in [-0.3, -0.25) is 0 Å². The van der Waals surface area contributed by atoms with Crippen LogP contribution in [-0.2, 0) is 6.54 Å². The summed E-state index contributed by atoms with van der Waals surface area (Å²) >= 11 is 0. The molecule has 0 amide bonds. The quantitative estimate of drug-likeness (QED) is 0.616. The predicted octanol–water partition coefficient (Wildman–Crippen LogP) is 1.68. The summed E-state index contributed by atoms with van der Waals surface area (Å²) in [6.45, 7) is 8.42. The Kier molecular flexibility index (Phi) is 5.42. The number of rotatable bonds is 5. The molecule has 0 unspecified atom stereocenters. The zero-order valence-electron chi connectivity index (χ0n) is 11.5. The molecule has 0 bridgehead atoms. The summed E-state index contributed by atoms with van der Waals surface area (Å²) in [5.41, 5.74) is 6.68. The molecule has 0 aliphatic rings. The average molecular weight is 250 g/mol. The van der Waals surface area contributed by atoms with E-state index in [1.807, 2.05) is 39.8 Å². The van der Waals surface area contributed by atoms with Crippen LogP contribution in [0.2, 0.25) is 0 Å². The van der Waals surface area contributed by atoms with Crippen LogP contribution >= 0.6 is 0 Å². The third-order valence-electron chi connectivity index (χ3n) is 2.05. The highest BCUT2D eigenvalue weighted by Crippen LogP contribution is 2.16. The maximum atomic E-state index is 5.75. The molecule has 5 nitrogen and oxygen atoms in total. The van der Waals surface area contributed by atoms with E-state index in [1.165, 1.54) is 0 Å². The van der Waals surface area contributed by atoms with Gasteiger partial charge in [0.1, 0.15) is 0 Å². The number of hydrogen-bond acceptors (Lipinski definition) is 3. The Labute approximate surface area is 108 Å². The molecule has 0 spiro atoms. The minimum Gasteiger partial charge on any atom is -0.475 e. The van der Waals surface area contributed by atoms with E-state index in [4.69, 9.17) is 10.5 Å². The lowest BCUT2D eigenvalue weighted by Gasteiger charge is -2.12. The highest BCUT2D eigenvalue weighted by molar-refractivity contribution is 5.78. The lowest BCUT2D eigenvalue weighted by molar-refractivity contribution is 0.230. The van der Waals surface area contributed by atoms with Crippen molar-refractivity contribution in [3.8, 4) is 5.88 Å². The SMILES string of the molecule is CC(C)NC(N)=NCc1cccnc1OC(C)C. The molecule has 100 valence electrons. The van der Waals surface area contributed by atoms with Gasteiger partial charge < -0.3 is 15.8 Å². The highest BCUT2D eigenvalue weighted by Gasteiger charge is 2.06. The molecule has 0 radical (unpaired) electrons. The Morgan fingerprint density at radius 1 is 1.44 bits per heavy atom.